The molecule has 3 aromatic rings. The van der Waals surface area contributed by atoms with Crippen molar-refractivity contribution in [2.75, 3.05) is 18.6 Å². The minimum absolute atomic E-state index is 0.219. The highest BCUT2D eigenvalue weighted by Gasteiger charge is 2.47. The Hall–Kier alpha value is -3.55. The Kier molecular flexibility index (Phi) is 4.77. The summed E-state index contributed by atoms with van der Waals surface area (Å²) in [6.45, 7) is 0.799. The molecule has 0 saturated heterocycles. The Morgan fingerprint density at radius 3 is 2.68 bits per heavy atom. The van der Waals surface area contributed by atoms with Crippen molar-refractivity contribution in [2.24, 2.45) is 0 Å². The molecule has 5 rings (SSSR count). The minimum atomic E-state index is -0.463. The van der Waals surface area contributed by atoms with Gasteiger partial charge in [-0.05, 0) is 62.1 Å². The monoisotopic (exact) mass is 419 g/mol. The van der Waals surface area contributed by atoms with E-state index in [2.05, 4.69) is 20.2 Å². The van der Waals surface area contributed by atoms with Crippen molar-refractivity contribution in [3.05, 3.63) is 71.4 Å². The largest absolute Gasteiger partial charge is 0.481 e. The third kappa shape index (κ3) is 3.69. The van der Waals surface area contributed by atoms with Crippen LogP contribution in [0.2, 0.25) is 0 Å². The second kappa shape index (κ2) is 7.61. The number of methoxy groups -OCH3 is 1. The lowest BCUT2D eigenvalue weighted by Gasteiger charge is -2.30. The van der Waals surface area contributed by atoms with Gasteiger partial charge in [0.1, 0.15) is 5.82 Å². The van der Waals surface area contributed by atoms with Gasteiger partial charge in [-0.3, -0.25) is 9.78 Å². The summed E-state index contributed by atoms with van der Waals surface area (Å²) < 4.78 is 18.4. The Morgan fingerprint density at radius 2 is 1.94 bits per heavy atom. The lowest BCUT2D eigenvalue weighted by atomic mass is 10.0. The van der Waals surface area contributed by atoms with Gasteiger partial charge in [0.25, 0.3) is 5.91 Å². The molecule has 2 aliphatic rings. The smallest absolute Gasteiger partial charge is 0.252 e. The summed E-state index contributed by atoms with van der Waals surface area (Å²) in [4.78, 5) is 28.5. The van der Waals surface area contributed by atoms with Crippen LogP contribution >= 0.6 is 0 Å². The first-order valence-electron chi connectivity index (χ1n) is 10.3. The van der Waals surface area contributed by atoms with E-state index in [1.165, 1.54) is 24.3 Å². The quantitative estimate of drug-likeness (QED) is 0.682. The van der Waals surface area contributed by atoms with E-state index >= 15 is 0 Å². The van der Waals surface area contributed by atoms with Gasteiger partial charge >= 0.3 is 0 Å². The number of ether oxygens (including phenoxy) is 1. The average Bonchev–Trinajstić information content (AvgIpc) is 3.59. The van der Waals surface area contributed by atoms with Gasteiger partial charge in [0.2, 0.25) is 11.8 Å². The molecule has 3 heterocycles. The molecule has 1 fully saturated rings. The third-order valence-corrected chi connectivity index (χ3v) is 5.80. The summed E-state index contributed by atoms with van der Waals surface area (Å²) in [5.74, 6) is 0.518. The van der Waals surface area contributed by atoms with Crippen LogP contribution in [0.15, 0.2) is 48.7 Å². The fourth-order valence-corrected chi connectivity index (χ4v) is 3.96. The molecule has 0 bridgehead atoms. The maximum absolute atomic E-state index is 13.2. The van der Waals surface area contributed by atoms with Gasteiger partial charge < -0.3 is 15.0 Å². The first-order chi connectivity index (χ1) is 15.1. The number of fused-ring (bicyclic) bond motifs is 1. The summed E-state index contributed by atoms with van der Waals surface area (Å²) in [5.41, 5.74) is 2.78. The summed E-state index contributed by atoms with van der Waals surface area (Å²) in [6, 6.07) is 11.3. The number of carbonyl (C=O) groups excluding carboxylic acids is 1. The molecule has 0 unspecified atom stereocenters. The van der Waals surface area contributed by atoms with Gasteiger partial charge in [-0.25, -0.2) is 9.37 Å². The fraction of sp³-hybridized carbons (Fsp3) is 0.304. The molecule has 1 saturated carbocycles. The summed E-state index contributed by atoms with van der Waals surface area (Å²) in [5, 5.41) is 3.11. The van der Waals surface area contributed by atoms with Crippen LogP contribution in [-0.2, 0) is 12.0 Å². The van der Waals surface area contributed by atoms with Crippen LogP contribution in [0.3, 0.4) is 0 Å². The predicted molar refractivity (Wildman–Crippen MR) is 113 cm³/mol. The van der Waals surface area contributed by atoms with E-state index in [1.54, 1.807) is 19.4 Å². The SMILES string of the molecule is COc1ccnc(N2CCCc3nc(C4(NC(=O)c5ccc(F)cc5)CC4)ccc32)n1. The molecule has 1 aliphatic carbocycles. The van der Waals surface area contributed by atoms with E-state index in [0.717, 1.165) is 49.3 Å². The van der Waals surface area contributed by atoms with Crippen molar-refractivity contribution in [1.29, 1.82) is 0 Å². The summed E-state index contributed by atoms with van der Waals surface area (Å²) in [7, 11) is 1.58. The lowest BCUT2D eigenvalue weighted by molar-refractivity contribution is 0.0929. The molecule has 7 nitrogen and oxygen atoms in total. The summed E-state index contributed by atoms with van der Waals surface area (Å²) >= 11 is 0. The number of nitrogens with zero attached hydrogens (tertiary/aromatic N) is 4. The Labute approximate surface area is 179 Å². The number of rotatable bonds is 5. The zero-order valence-electron chi connectivity index (χ0n) is 17.1. The highest BCUT2D eigenvalue weighted by atomic mass is 19.1. The molecule has 31 heavy (non-hydrogen) atoms. The number of anilines is 2. The van der Waals surface area contributed by atoms with E-state index in [0.29, 0.717) is 17.4 Å². The van der Waals surface area contributed by atoms with Crippen molar-refractivity contribution < 1.29 is 13.9 Å². The first-order valence-corrected chi connectivity index (χ1v) is 10.3. The molecule has 0 atom stereocenters. The van der Waals surface area contributed by atoms with E-state index in [9.17, 15) is 9.18 Å². The maximum Gasteiger partial charge on any atom is 0.252 e. The van der Waals surface area contributed by atoms with Gasteiger partial charge in [0.05, 0.1) is 29.7 Å². The van der Waals surface area contributed by atoms with Gasteiger partial charge in [-0.15, -0.1) is 0 Å². The number of hydrogen-bond donors (Lipinski definition) is 1. The standard InChI is InChI=1S/C23H22FN5O2/c1-31-20-10-13-25-22(27-20)29-14-2-3-17-18(29)8-9-19(26-17)23(11-12-23)28-21(30)15-4-6-16(24)7-5-15/h4-10,13H,2-3,11-12,14H2,1H3,(H,28,30). The average molecular weight is 419 g/mol. The zero-order chi connectivity index (χ0) is 21.4. The van der Waals surface area contributed by atoms with Crippen LogP contribution in [0, 0.1) is 5.82 Å². The maximum atomic E-state index is 13.2. The number of nitrogens with one attached hydrogen (secondary N) is 1. The van der Waals surface area contributed by atoms with Crippen molar-refractivity contribution in [3.63, 3.8) is 0 Å². The van der Waals surface area contributed by atoms with E-state index in [1.807, 2.05) is 12.1 Å². The normalized spacial score (nSPS) is 16.4. The Morgan fingerprint density at radius 1 is 1.13 bits per heavy atom. The number of aromatic nitrogens is 3. The van der Waals surface area contributed by atoms with Gasteiger partial charge in [-0.1, -0.05) is 0 Å². The second-order valence-electron chi connectivity index (χ2n) is 7.86. The van der Waals surface area contributed by atoms with Crippen molar-refractivity contribution in [3.8, 4) is 5.88 Å². The number of carbonyl (C=O) groups is 1. The molecule has 1 aromatic carbocycles. The predicted octanol–water partition coefficient (Wildman–Crippen LogP) is 3.52. The van der Waals surface area contributed by atoms with E-state index in [4.69, 9.17) is 9.72 Å². The molecule has 0 spiro atoms. The highest BCUT2D eigenvalue weighted by molar-refractivity contribution is 5.95. The molecule has 2 aromatic heterocycles. The van der Waals surface area contributed by atoms with Gasteiger partial charge in [0, 0.05) is 24.4 Å². The van der Waals surface area contributed by atoms with Crippen LogP contribution in [0.25, 0.3) is 0 Å². The minimum Gasteiger partial charge on any atom is -0.481 e. The van der Waals surface area contributed by atoms with Crippen LogP contribution < -0.4 is 15.0 Å². The topological polar surface area (TPSA) is 80.2 Å². The third-order valence-electron chi connectivity index (χ3n) is 5.80. The number of hydrogen-bond acceptors (Lipinski definition) is 6. The van der Waals surface area contributed by atoms with Crippen LogP contribution in [-0.4, -0.2) is 34.5 Å². The van der Waals surface area contributed by atoms with Crippen molar-refractivity contribution in [2.45, 2.75) is 31.2 Å². The van der Waals surface area contributed by atoms with Crippen LogP contribution in [0.4, 0.5) is 16.0 Å². The second-order valence-corrected chi connectivity index (χ2v) is 7.86. The van der Waals surface area contributed by atoms with Crippen LogP contribution in [0.5, 0.6) is 5.88 Å². The number of pyridine rings is 1. The van der Waals surface area contributed by atoms with Gasteiger partial charge in [-0.2, -0.15) is 4.98 Å². The number of benzene rings is 1. The molecule has 0 radical (unpaired) electrons. The summed E-state index contributed by atoms with van der Waals surface area (Å²) in [6.07, 6.45) is 5.12. The zero-order valence-corrected chi connectivity index (χ0v) is 17.1. The molecule has 8 heteroatoms. The Bertz CT molecular complexity index is 1130. The Balaban J connectivity index is 1.40. The molecule has 1 N–H and O–H groups in total. The molecule has 158 valence electrons. The number of halogens is 1. The van der Waals surface area contributed by atoms with Crippen LogP contribution in [0.1, 0.15) is 41.0 Å². The first kappa shape index (κ1) is 19.4. The fourth-order valence-electron chi connectivity index (χ4n) is 3.96. The molecular weight excluding hydrogens is 397 g/mol. The molecule has 1 amide bonds. The lowest BCUT2D eigenvalue weighted by Crippen LogP contribution is -2.36. The molecule has 1 aliphatic heterocycles. The molecular formula is C23H22FN5O2. The number of aryl methyl sites for hydroxylation is 1. The van der Waals surface area contributed by atoms with Gasteiger partial charge in [0.15, 0.2) is 0 Å². The van der Waals surface area contributed by atoms with Crippen molar-refractivity contribution >= 4 is 17.5 Å². The van der Waals surface area contributed by atoms with E-state index in [-0.39, 0.29) is 11.7 Å². The van der Waals surface area contributed by atoms with Crippen molar-refractivity contribution in [1.82, 2.24) is 20.3 Å². The van der Waals surface area contributed by atoms with E-state index < -0.39 is 5.54 Å². The number of amides is 1. The highest BCUT2D eigenvalue weighted by Crippen LogP contribution is 2.46.